The Bertz CT molecular complexity index is 900. The number of primary amides is 1. The summed E-state index contributed by atoms with van der Waals surface area (Å²) in [4.78, 5) is 15.9. The number of amides is 1. The van der Waals surface area contributed by atoms with Gasteiger partial charge in [0.15, 0.2) is 5.65 Å². The molecule has 1 fully saturated rings. The van der Waals surface area contributed by atoms with Crippen molar-refractivity contribution in [3.63, 3.8) is 0 Å². The van der Waals surface area contributed by atoms with E-state index in [2.05, 4.69) is 15.4 Å². The number of nitrogens with two attached hydrogens (primary N) is 1. The highest BCUT2D eigenvalue weighted by Crippen LogP contribution is 2.27. The SMILES string of the molecule is NC(=O)c1cc(F)cc2nc3cc(C4CC(O)CN4)[nH]n3c12. The summed E-state index contributed by atoms with van der Waals surface area (Å²) in [6.07, 6.45) is 0.214. The van der Waals surface area contributed by atoms with Crippen LogP contribution in [0.4, 0.5) is 4.39 Å². The summed E-state index contributed by atoms with van der Waals surface area (Å²) in [5, 5.41) is 15.9. The van der Waals surface area contributed by atoms with E-state index in [0.29, 0.717) is 29.6 Å². The third kappa shape index (κ3) is 1.88. The maximum atomic E-state index is 13.6. The van der Waals surface area contributed by atoms with Crippen molar-refractivity contribution in [2.75, 3.05) is 6.54 Å². The lowest BCUT2D eigenvalue weighted by Crippen LogP contribution is -2.15. The van der Waals surface area contributed by atoms with Crippen molar-refractivity contribution in [1.82, 2.24) is 19.9 Å². The number of nitrogens with zero attached hydrogens (tertiary/aromatic N) is 2. The molecular weight excluding hydrogens is 289 g/mol. The average Bonchev–Trinajstić information content (AvgIpc) is 3.10. The largest absolute Gasteiger partial charge is 0.392 e. The zero-order valence-electron chi connectivity index (χ0n) is 11.5. The number of carbonyl (C=O) groups excluding carboxylic acids is 1. The molecule has 0 radical (unpaired) electrons. The molecule has 2 aromatic heterocycles. The molecule has 2 unspecified atom stereocenters. The van der Waals surface area contributed by atoms with Gasteiger partial charge in [-0.2, -0.15) is 0 Å². The predicted octanol–water partition coefficient (Wildman–Crippen LogP) is 0.449. The summed E-state index contributed by atoms with van der Waals surface area (Å²) < 4.78 is 15.2. The van der Waals surface area contributed by atoms with E-state index >= 15 is 0 Å². The molecule has 1 amide bonds. The van der Waals surface area contributed by atoms with E-state index in [-0.39, 0.29) is 17.7 Å². The van der Waals surface area contributed by atoms with Crippen LogP contribution in [0.1, 0.15) is 28.5 Å². The summed E-state index contributed by atoms with van der Waals surface area (Å²) in [7, 11) is 0. The molecule has 114 valence electrons. The first-order valence-electron chi connectivity index (χ1n) is 6.95. The number of β-amino-alcohol motifs (C(OH)–C–C–N with tert-alkyl or cyclic N) is 1. The molecule has 8 heteroatoms. The highest BCUT2D eigenvalue weighted by atomic mass is 19.1. The molecular formula is C14H14FN5O2. The smallest absolute Gasteiger partial charge is 0.251 e. The fraction of sp³-hybridized carbons (Fsp3) is 0.286. The molecule has 0 saturated carbocycles. The van der Waals surface area contributed by atoms with Gasteiger partial charge in [0.2, 0.25) is 0 Å². The minimum Gasteiger partial charge on any atom is -0.392 e. The Labute approximate surface area is 123 Å². The zero-order chi connectivity index (χ0) is 15.4. The highest BCUT2D eigenvalue weighted by molar-refractivity contribution is 6.05. The number of aromatic amines is 1. The zero-order valence-corrected chi connectivity index (χ0v) is 11.5. The van der Waals surface area contributed by atoms with Crippen LogP contribution in [0.15, 0.2) is 18.2 Å². The Morgan fingerprint density at radius 2 is 2.27 bits per heavy atom. The van der Waals surface area contributed by atoms with Crippen LogP contribution in [0.3, 0.4) is 0 Å². The van der Waals surface area contributed by atoms with Gasteiger partial charge >= 0.3 is 0 Å². The number of halogens is 1. The number of fused-ring (bicyclic) bond motifs is 3. The topological polar surface area (TPSA) is 108 Å². The van der Waals surface area contributed by atoms with Crippen molar-refractivity contribution in [3.8, 4) is 0 Å². The molecule has 0 bridgehead atoms. The van der Waals surface area contributed by atoms with Gasteiger partial charge in [-0.25, -0.2) is 13.9 Å². The van der Waals surface area contributed by atoms with Crippen LogP contribution in [0.5, 0.6) is 0 Å². The van der Waals surface area contributed by atoms with Gasteiger partial charge in [0.1, 0.15) is 11.3 Å². The number of hydrogen-bond donors (Lipinski definition) is 4. The number of H-pyrrole nitrogens is 1. The van der Waals surface area contributed by atoms with Gasteiger partial charge in [0.05, 0.1) is 28.9 Å². The number of aromatic nitrogens is 3. The number of carbonyl (C=O) groups is 1. The summed E-state index contributed by atoms with van der Waals surface area (Å²) in [5.41, 5.74) is 7.66. The minimum absolute atomic E-state index is 0.00998. The standard InChI is InChI=1S/C14H14FN5O2/c15-6-1-8(14(16)22)13-11(2-6)18-12-4-10(19-20(12)13)9-3-7(21)5-17-9/h1-2,4,7,9,17,19,21H,3,5H2,(H2,16,22). The lowest BCUT2D eigenvalue weighted by molar-refractivity contribution is 0.100. The molecule has 5 N–H and O–H groups in total. The number of hydrogen-bond acceptors (Lipinski definition) is 4. The van der Waals surface area contributed by atoms with Gasteiger partial charge in [-0.15, -0.1) is 0 Å². The Kier molecular flexibility index (Phi) is 2.72. The molecule has 1 saturated heterocycles. The first-order chi connectivity index (χ1) is 10.5. The Balaban J connectivity index is 1.92. The minimum atomic E-state index is -0.711. The maximum Gasteiger partial charge on any atom is 0.251 e. The number of aliphatic hydroxyl groups is 1. The number of rotatable bonds is 2. The lowest BCUT2D eigenvalue weighted by Gasteiger charge is -2.06. The third-order valence-corrected chi connectivity index (χ3v) is 4.02. The second kappa shape index (κ2) is 4.52. The van der Waals surface area contributed by atoms with E-state index in [9.17, 15) is 14.3 Å². The second-order valence-corrected chi connectivity index (χ2v) is 5.55. The molecule has 4 rings (SSSR count). The first-order valence-corrected chi connectivity index (χ1v) is 6.95. The van der Waals surface area contributed by atoms with Crippen LogP contribution < -0.4 is 11.1 Å². The van der Waals surface area contributed by atoms with E-state index in [4.69, 9.17) is 5.73 Å². The van der Waals surface area contributed by atoms with Crippen LogP contribution in [0, 0.1) is 5.82 Å². The van der Waals surface area contributed by atoms with E-state index in [1.54, 1.807) is 4.52 Å². The molecule has 1 aromatic carbocycles. The fourth-order valence-corrected chi connectivity index (χ4v) is 3.02. The molecule has 1 aliphatic heterocycles. The monoisotopic (exact) mass is 303 g/mol. The van der Waals surface area contributed by atoms with Crippen molar-refractivity contribution in [3.05, 3.63) is 35.3 Å². The molecule has 0 aliphatic carbocycles. The van der Waals surface area contributed by atoms with Gasteiger partial charge in [-0.1, -0.05) is 0 Å². The van der Waals surface area contributed by atoms with Crippen molar-refractivity contribution < 1.29 is 14.3 Å². The van der Waals surface area contributed by atoms with E-state index in [1.165, 1.54) is 6.07 Å². The van der Waals surface area contributed by atoms with E-state index in [1.807, 2.05) is 6.07 Å². The van der Waals surface area contributed by atoms with Crippen molar-refractivity contribution in [1.29, 1.82) is 0 Å². The Morgan fingerprint density at radius 3 is 2.95 bits per heavy atom. The number of benzene rings is 1. The van der Waals surface area contributed by atoms with Crippen molar-refractivity contribution >= 4 is 22.6 Å². The Hall–Kier alpha value is -2.45. The molecule has 1 aliphatic rings. The molecule has 3 heterocycles. The van der Waals surface area contributed by atoms with Crippen molar-refractivity contribution in [2.24, 2.45) is 5.73 Å². The predicted molar refractivity (Wildman–Crippen MR) is 76.9 cm³/mol. The molecule has 0 spiro atoms. The normalized spacial score (nSPS) is 21.9. The summed E-state index contributed by atoms with van der Waals surface area (Å²) >= 11 is 0. The van der Waals surface area contributed by atoms with Crippen LogP contribution >= 0.6 is 0 Å². The average molecular weight is 303 g/mol. The Morgan fingerprint density at radius 1 is 1.45 bits per heavy atom. The van der Waals surface area contributed by atoms with Crippen LogP contribution in [0.2, 0.25) is 0 Å². The van der Waals surface area contributed by atoms with Gasteiger partial charge in [-0.3, -0.25) is 9.89 Å². The third-order valence-electron chi connectivity index (χ3n) is 4.02. The van der Waals surface area contributed by atoms with E-state index < -0.39 is 11.7 Å². The van der Waals surface area contributed by atoms with Gasteiger partial charge in [-0.05, 0) is 12.5 Å². The van der Waals surface area contributed by atoms with E-state index in [0.717, 1.165) is 11.8 Å². The van der Waals surface area contributed by atoms with Crippen molar-refractivity contribution in [2.45, 2.75) is 18.6 Å². The maximum absolute atomic E-state index is 13.6. The highest BCUT2D eigenvalue weighted by Gasteiger charge is 2.26. The molecule has 7 nitrogen and oxygen atoms in total. The summed E-state index contributed by atoms with van der Waals surface area (Å²) in [5.74, 6) is -1.26. The van der Waals surface area contributed by atoms with Crippen LogP contribution in [-0.2, 0) is 0 Å². The number of imidazole rings is 1. The fourth-order valence-electron chi connectivity index (χ4n) is 3.02. The molecule has 3 aromatic rings. The quantitative estimate of drug-likeness (QED) is 0.551. The number of nitrogens with one attached hydrogen (secondary N) is 2. The second-order valence-electron chi connectivity index (χ2n) is 5.55. The molecule has 22 heavy (non-hydrogen) atoms. The van der Waals surface area contributed by atoms with Gasteiger partial charge < -0.3 is 16.2 Å². The lowest BCUT2D eigenvalue weighted by atomic mass is 10.1. The molecule has 2 atom stereocenters. The van der Waals surface area contributed by atoms with Gasteiger partial charge in [0, 0.05) is 18.7 Å². The summed E-state index contributed by atoms with van der Waals surface area (Å²) in [6, 6.07) is 4.18. The first kappa shape index (κ1) is 13.2. The summed E-state index contributed by atoms with van der Waals surface area (Å²) in [6.45, 7) is 0.532. The number of aliphatic hydroxyl groups excluding tert-OH is 1. The van der Waals surface area contributed by atoms with Crippen LogP contribution in [0.25, 0.3) is 16.7 Å². The van der Waals surface area contributed by atoms with Crippen LogP contribution in [-0.4, -0.2) is 38.3 Å². The van der Waals surface area contributed by atoms with Gasteiger partial charge in [0.25, 0.3) is 5.91 Å².